The third kappa shape index (κ3) is 2.58. The zero-order chi connectivity index (χ0) is 10.7. The highest BCUT2D eigenvalue weighted by molar-refractivity contribution is 5.14. The minimum absolute atomic E-state index is 0.436. The maximum atomic E-state index is 10.1. The highest BCUT2D eigenvalue weighted by Gasteiger charge is 2.33. The van der Waals surface area contributed by atoms with E-state index in [9.17, 15) is 5.11 Å². The van der Waals surface area contributed by atoms with Crippen LogP contribution in [-0.2, 0) is 6.54 Å². The second kappa shape index (κ2) is 4.33. The molecule has 1 fully saturated rings. The Morgan fingerprint density at radius 3 is 2.67 bits per heavy atom. The molecule has 0 aliphatic carbocycles. The van der Waals surface area contributed by atoms with Crippen LogP contribution in [0, 0.1) is 0 Å². The van der Waals surface area contributed by atoms with Gasteiger partial charge in [-0.25, -0.2) is 0 Å². The Kier molecular flexibility index (Phi) is 3.08. The Labute approximate surface area is 91.5 Å². The first-order valence-corrected chi connectivity index (χ1v) is 5.70. The van der Waals surface area contributed by atoms with Gasteiger partial charge in [0.05, 0.1) is 5.60 Å². The Hall–Kier alpha value is -0.860. The van der Waals surface area contributed by atoms with Crippen molar-refractivity contribution in [1.29, 1.82) is 0 Å². The zero-order valence-corrected chi connectivity index (χ0v) is 9.32. The number of rotatable bonds is 3. The second-order valence-corrected chi connectivity index (χ2v) is 4.52. The fourth-order valence-corrected chi connectivity index (χ4v) is 2.21. The van der Waals surface area contributed by atoms with Gasteiger partial charge in [0.1, 0.15) is 0 Å². The largest absolute Gasteiger partial charge is 0.389 e. The second-order valence-electron chi connectivity index (χ2n) is 4.52. The van der Waals surface area contributed by atoms with Crippen molar-refractivity contribution < 1.29 is 5.11 Å². The number of nitrogens with zero attached hydrogens (tertiary/aromatic N) is 1. The number of hydrogen-bond acceptors (Lipinski definition) is 2. The molecule has 1 heterocycles. The standard InChI is InChI=1S/C13H19NO/c1-2-13(15)8-9-14(11-13)10-12-6-4-3-5-7-12/h3-7,15H,2,8-11H2,1H3/t13-/m0/s1. The van der Waals surface area contributed by atoms with Crippen LogP contribution < -0.4 is 0 Å². The molecular weight excluding hydrogens is 186 g/mol. The molecule has 0 saturated carbocycles. The zero-order valence-electron chi connectivity index (χ0n) is 9.32. The Bertz CT molecular complexity index is 312. The average Bonchev–Trinajstić information content (AvgIpc) is 2.63. The molecule has 1 aliphatic heterocycles. The topological polar surface area (TPSA) is 23.5 Å². The van der Waals surface area contributed by atoms with Gasteiger partial charge in [-0.05, 0) is 18.4 Å². The molecule has 1 saturated heterocycles. The summed E-state index contributed by atoms with van der Waals surface area (Å²) in [5, 5.41) is 10.1. The molecule has 2 heteroatoms. The summed E-state index contributed by atoms with van der Waals surface area (Å²) in [5.74, 6) is 0. The normalized spacial score (nSPS) is 27.1. The van der Waals surface area contributed by atoms with E-state index in [1.807, 2.05) is 6.07 Å². The molecule has 1 N–H and O–H groups in total. The molecule has 1 aromatic carbocycles. The molecule has 0 spiro atoms. The van der Waals surface area contributed by atoms with Crippen LogP contribution in [-0.4, -0.2) is 28.7 Å². The van der Waals surface area contributed by atoms with Gasteiger partial charge >= 0.3 is 0 Å². The molecule has 0 radical (unpaired) electrons. The van der Waals surface area contributed by atoms with Gasteiger partial charge in [-0.2, -0.15) is 0 Å². The first kappa shape index (κ1) is 10.7. The summed E-state index contributed by atoms with van der Waals surface area (Å²) < 4.78 is 0. The predicted molar refractivity (Wildman–Crippen MR) is 61.6 cm³/mol. The first-order valence-electron chi connectivity index (χ1n) is 5.70. The van der Waals surface area contributed by atoms with Crippen LogP contribution in [0.15, 0.2) is 30.3 Å². The van der Waals surface area contributed by atoms with Crippen LogP contribution in [0.2, 0.25) is 0 Å². The number of benzene rings is 1. The number of β-amino-alcohol motifs (C(OH)–C–C–N with tert-alkyl or cyclic N) is 1. The van der Waals surface area contributed by atoms with Crippen molar-refractivity contribution in [2.24, 2.45) is 0 Å². The molecule has 1 aromatic rings. The summed E-state index contributed by atoms with van der Waals surface area (Å²) in [6, 6.07) is 10.5. The van der Waals surface area contributed by atoms with Crippen LogP contribution in [0.25, 0.3) is 0 Å². The van der Waals surface area contributed by atoms with Crippen molar-refractivity contribution >= 4 is 0 Å². The van der Waals surface area contributed by atoms with E-state index >= 15 is 0 Å². The van der Waals surface area contributed by atoms with E-state index < -0.39 is 5.60 Å². The maximum absolute atomic E-state index is 10.1. The number of likely N-dealkylation sites (tertiary alicyclic amines) is 1. The molecule has 0 amide bonds. The lowest BCUT2D eigenvalue weighted by Crippen LogP contribution is -2.32. The lowest BCUT2D eigenvalue weighted by atomic mass is 10.0. The minimum atomic E-state index is -0.436. The molecular formula is C13H19NO. The molecule has 0 unspecified atom stereocenters. The summed E-state index contributed by atoms with van der Waals surface area (Å²) in [7, 11) is 0. The Morgan fingerprint density at radius 2 is 2.07 bits per heavy atom. The van der Waals surface area contributed by atoms with Gasteiger partial charge in [-0.3, -0.25) is 4.90 Å². The fraction of sp³-hybridized carbons (Fsp3) is 0.538. The predicted octanol–water partition coefficient (Wildman–Crippen LogP) is 2.03. The smallest absolute Gasteiger partial charge is 0.0783 e. The van der Waals surface area contributed by atoms with Crippen molar-refractivity contribution in [3.63, 3.8) is 0 Å². The third-order valence-electron chi connectivity index (χ3n) is 3.32. The lowest BCUT2D eigenvalue weighted by Gasteiger charge is -2.21. The summed E-state index contributed by atoms with van der Waals surface area (Å²) in [4.78, 5) is 2.33. The van der Waals surface area contributed by atoms with E-state index in [1.165, 1.54) is 5.56 Å². The minimum Gasteiger partial charge on any atom is -0.389 e. The average molecular weight is 205 g/mol. The molecule has 1 atom stereocenters. The molecule has 2 nitrogen and oxygen atoms in total. The summed E-state index contributed by atoms with van der Waals surface area (Å²) in [6.07, 6.45) is 1.77. The molecule has 82 valence electrons. The lowest BCUT2D eigenvalue weighted by molar-refractivity contribution is 0.0447. The Balaban J connectivity index is 1.93. The van der Waals surface area contributed by atoms with E-state index in [2.05, 4.69) is 36.1 Å². The summed E-state index contributed by atoms with van der Waals surface area (Å²) in [5.41, 5.74) is 0.896. The van der Waals surface area contributed by atoms with Crippen molar-refractivity contribution in [3.8, 4) is 0 Å². The molecule has 1 aliphatic rings. The monoisotopic (exact) mass is 205 g/mol. The van der Waals surface area contributed by atoms with Crippen molar-refractivity contribution in [2.75, 3.05) is 13.1 Å². The maximum Gasteiger partial charge on any atom is 0.0783 e. The summed E-state index contributed by atoms with van der Waals surface area (Å²) >= 11 is 0. The number of aliphatic hydroxyl groups is 1. The fourth-order valence-electron chi connectivity index (χ4n) is 2.21. The molecule has 0 aromatic heterocycles. The van der Waals surface area contributed by atoms with Gasteiger partial charge in [0, 0.05) is 19.6 Å². The highest BCUT2D eigenvalue weighted by Crippen LogP contribution is 2.25. The van der Waals surface area contributed by atoms with Crippen molar-refractivity contribution in [2.45, 2.75) is 31.9 Å². The van der Waals surface area contributed by atoms with Crippen LogP contribution in [0.1, 0.15) is 25.3 Å². The van der Waals surface area contributed by atoms with Gasteiger partial charge in [-0.1, -0.05) is 37.3 Å². The van der Waals surface area contributed by atoms with Gasteiger partial charge in [0.25, 0.3) is 0 Å². The highest BCUT2D eigenvalue weighted by atomic mass is 16.3. The third-order valence-corrected chi connectivity index (χ3v) is 3.32. The van der Waals surface area contributed by atoms with Gasteiger partial charge in [-0.15, -0.1) is 0 Å². The van der Waals surface area contributed by atoms with Crippen LogP contribution in [0.5, 0.6) is 0 Å². The SMILES string of the molecule is CC[C@]1(O)CCN(Cc2ccccc2)C1. The summed E-state index contributed by atoms with van der Waals surface area (Å²) in [6.45, 7) is 4.85. The molecule has 15 heavy (non-hydrogen) atoms. The van der Waals surface area contributed by atoms with Crippen LogP contribution >= 0.6 is 0 Å². The van der Waals surface area contributed by atoms with E-state index in [1.54, 1.807) is 0 Å². The first-order chi connectivity index (χ1) is 7.22. The van der Waals surface area contributed by atoms with Crippen LogP contribution in [0.4, 0.5) is 0 Å². The van der Waals surface area contributed by atoms with E-state index in [-0.39, 0.29) is 0 Å². The van der Waals surface area contributed by atoms with E-state index in [0.29, 0.717) is 0 Å². The van der Waals surface area contributed by atoms with E-state index in [4.69, 9.17) is 0 Å². The number of hydrogen-bond donors (Lipinski definition) is 1. The van der Waals surface area contributed by atoms with Crippen LogP contribution in [0.3, 0.4) is 0 Å². The molecule has 0 bridgehead atoms. The van der Waals surface area contributed by atoms with Gasteiger partial charge in [0.15, 0.2) is 0 Å². The van der Waals surface area contributed by atoms with Gasteiger partial charge < -0.3 is 5.11 Å². The van der Waals surface area contributed by atoms with Crippen molar-refractivity contribution in [3.05, 3.63) is 35.9 Å². The quantitative estimate of drug-likeness (QED) is 0.816. The molecule has 2 rings (SSSR count). The van der Waals surface area contributed by atoms with E-state index in [0.717, 1.165) is 32.5 Å². The van der Waals surface area contributed by atoms with Gasteiger partial charge in [0.2, 0.25) is 0 Å². The van der Waals surface area contributed by atoms with Crippen molar-refractivity contribution in [1.82, 2.24) is 4.90 Å². The Morgan fingerprint density at radius 1 is 1.33 bits per heavy atom.